The molecule has 1 fully saturated rings. The molecule has 0 spiro atoms. The van der Waals surface area contributed by atoms with E-state index in [9.17, 15) is 0 Å². The molecule has 2 heterocycles. The van der Waals surface area contributed by atoms with Gasteiger partial charge in [0.1, 0.15) is 5.54 Å². The predicted molar refractivity (Wildman–Crippen MR) is 70.4 cm³/mol. The van der Waals surface area contributed by atoms with Crippen molar-refractivity contribution in [3.05, 3.63) is 35.7 Å². The summed E-state index contributed by atoms with van der Waals surface area (Å²) in [6.07, 6.45) is 1.73. The van der Waals surface area contributed by atoms with Gasteiger partial charge in [0.25, 0.3) is 0 Å². The number of aryl methyl sites for hydroxylation is 1. The zero-order valence-corrected chi connectivity index (χ0v) is 10.9. The topological polar surface area (TPSA) is 74.2 Å². The van der Waals surface area contributed by atoms with E-state index in [1.54, 1.807) is 0 Å². The van der Waals surface area contributed by atoms with Crippen molar-refractivity contribution in [3.63, 3.8) is 0 Å². The van der Waals surface area contributed by atoms with Crippen LogP contribution in [0.5, 0.6) is 0 Å². The lowest BCUT2D eigenvalue weighted by Gasteiger charge is -2.14. The van der Waals surface area contributed by atoms with E-state index in [0.29, 0.717) is 31.3 Å². The monoisotopic (exact) mass is 259 g/mol. The summed E-state index contributed by atoms with van der Waals surface area (Å²) in [7, 11) is 0. The molecule has 2 N–H and O–H groups in total. The third-order valence-corrected chi connectivity index (χ3v) is 3.52. The van der Waals surface area contributed by atoms with Crippen LogP contribution in [0.4, 0.5) is 0 Å². The first-order valence-corrected chi connectivity index (χ1v) is 6.51. The van der Waals surface area contributed by atoms with E-state index >= 15 is 0 Å². The van der Waals surface area contributed by atoms with Crippen LogP contribution in [0, 0.1) is 0 Å². The molecule has 3 rings (SSSR count). The van der Waals surface area contributed by atoms with Crippen LogP contribution in [0.2, 0.25) is 0 Å². The summed E-state index contributed by atoms with van der Waals surface area (Å²) in [6, 6.07) is 8.15. The normalized spacial score (nSPS) is 22.8. The molecule has 2 aromatic rings. The third kappa shape index (κ3) is 2.27. The molecule has 0 radical (unpaired) electrons. The highest BCUT2D eigenvalue weighted by Gasteiger charge is 2.38. The van der Waals surface area contributed by atoms with Crippen molar-refractivity contribution < 1.29 is 9.26 Å². The predicted octanol–water partition coefficient (Wildman–Crippen LogP) is 1.87. The Hall–Kier alpha value is -1.72. The van der Waals surface area contributed by atoms with Crippen molar-refractivity contribution in [3.8, 4) is 11.4 Å². The lowest BCUT2D eigenvalue weighted by atomic mass is 10.0. The van der Waals surface area contributed by atoms with Gasteiger partial charge in [-0.3, -0.25) is 0 Å². The minimum Gasteiger partial charge on any atom is -0.379 e. The van der Waals surface area contributed by atoms with Crippen molar-refractivity contribution in [1.82, 2.24) is 10.1 Å². The van der Waals surface area contributed by atoms with E-state index in [0.717, 1.165) is 12.0 Å². The molecule has 1 aliphatic rings. The molecule has 0 saturated carbocycles. The molecule has 5 heteroatoms. The van der Waals surface area contributed by atoms with Gasteiger partial charge in [0.05, 0.1) is 6.61 Å². The number of nitrogens with zero attached hydrogens (tertiary/aromatic N) is 2. The smallest absolute Gasteiger partial charge is 0.249 e. The van der Waals surface area contributed by atoms with Gasteiger partial charge in [-0.05, 0) is 18.4 Å². The average Bonchev–Trinajstić information content (AvgIpc) is 3.08. The van der Waals surface area contributed by atoms with Crippen LogP contribution >= 0.6 is 0 Å². The average molecular weight is 259 g/mol. The molecule has 1 aliphatic heterocycles. The minimum atomic E-state index is -0.630. The zero-order valence-electron chi connectivity index (χ0n) is 10.9. The first kappa shape index (κ1) is 12.3. The third-order valence-electron chi connectivity index (χ3n) is 3.52. The van der Waals surface area contributed by atoms with Crippen molar-refractivity contribution in [2.75, 3.05) is 13.2 Å². The molecule has 0 amide bonds. The van der Waals surface area contributed by atoms with Crippen molar-refractivity contribution >= 4 is 0 Å². The first-order valence-electron chi connectivity index (χ1n) is 6.51. The Bertz CT molecular complexity index is 556. The highest BCUT2D eigenvalue weighted by Crippen LogP contribution is 2.28. The number of benzene rings is 1. The van der Waals surface area contributed by atoms with E-state index in [2.05, 4.69) is 29.2 Å². The van der Waals surface area contributed by atoms with Crippen LogP contribution in [-0.2, 0) is 16.7 Å². The molecule has 0 aliphatic carbocycles. The van der Waals surface area contributed by atoms with E-state index in [1.165, 1.54) is 5.56 Å². The number of ether oxygens (including phenoxy) is 1. The summed E-state index contributed by atoms with van der Waals surface area (Å²) in [5.41, 5.74) is 7.79. The summed E-state index contributed by atoms with van der Waals surface area (Å²) in [5, 5.41) is 4.01. The zero-order chi connectivity index (χ0) is 13.3. The molecule has 5 nitrogen and oxygen atoms in total. The maximum absolute atomic E-state index is 6.20. The minimum absolute atomic E-state index is 0.434. The summed E-state index contributed by atoms with van der Waals surface area (Å²) in [5.74, 6) is 1.04. The van der Waals surface area contributed by atoms with Crippen molar-refractivity contribution in [2.24, 2.45) is 5.73 Å². The Labute approximate surface area is 111 Å². The van der Waals surface area contributed by atoms with Crippen LogP contribution in [0.3, 0.4) is 0 Å². The fourth-order valence-electron chi connectivity index (χ4n) is 2.18. The van der Waals surface area contributed by atoms with E-state index in [4.69, 9.17) is 15.0 Å². The van der Waals surface area contributed by atoms with Gasteiger partial charge in [0.2, 0.25) is 11.7 Å². The van der Waals surface area contributed by atoms with E-state index < -0.39 is 5.54 Å². The van der Waals surface area contributed by atoms with Gasteiger partial charge in [-0.1, -0.05) is 36.3 Å². The molecule has 19 heavy (non-hydrogen) atoms. The molecular weight excluding hydrogens is 242 g/mol. The van der Waals surface area contributed by atoms with Gasteiger partial charge < -0.3 is 15.0 Å². The van der Waals surface area contributed by atoms with Crippen molar-refractivity contribution in [1.29, 1.82) is 0 Å². The lowest BCUT2D eigenvalue weighted by molar-refractivity contribution is 0.166. The second-order valence-corrected chi connectivity index (χ2v) is 4.93. The van der Waals surface area contributed by atoms with E-state index in [-0.39, 0.29) is 0 Å². The van der Waals surface area contributed by atoms with Crippen LogP contribution in [0.15, 0.2) is 28.8 Å². The van der Waals surface area contributed by atoms with Gasteiger partial charge in [-0.15, -0.1) is 0 Å². The number of aromatic nitrogens is 2. The maximum Gasteiger partial charge on any atom is 0.249 e. The Kier molecular flexibility index (Phi) is 3.08. The summed E-state index contributed by atoms with van der Waals surface area (Å²) >= 11 is 0. The fraction of sp³-hybridized carbons (Fsp3) is 0.429. The second kappa shape index (κ2) is 4.75. The lowest BCUT2D eigenvalue weighted by Crippen LogP contribution is -2.37. The number of hydrogen-bond acceptors (Lipinski definition) is 5. The molecule has 1 unspecified atom stereocenters. The Morgan fingerprint density at radius 2 is 2.11 bits per heavy atom. The molecule has 0 bridgehead atoms. The SMILES string of the molecule is CCc1ccc(-c2noc(C3(N)CCOC3)n2)cc1. The Morgan fingerprint density at radius 1 is 1.32 bits per heavy atom. The van der Waals surface area contributed by atoms with Gasteiger partial charge in [0, 0.05) is 12.2 Å². The summed E-state index contributed by atoms with van der Waals surface area (Å²) in [4.78, 5) is 4.41. The van der Waals surface area contributed by atoms with E-state index in [1.807, 2.05) is 12.1 Å². The van der Waals surface area contributed by atoms with Crippen molar-refractivity contribution in [2.45, 2.75) is 25.3 Å². The molecule has 1 aromatic heterocycles. The van der Waals surface area contributed by atoms with Gasteiger partial charge in [-0.2, -0.15) is 4.98 Å². The number of hydrogen-bond donors (Lipinski definition) is 1. The molecule has 1 atom stereocenters. The first-order chi connectivity index (χ1) is 9.21. The summed E-state index contributed by atoms with van der Waals surface area (Å²) < 4.78 is 10.6. The van der Waals surface area contributed by atoms with Gasteiger partial charge >= 0.3 is 0 Å². The van der Waals surface area contributed by atoms with Crippen LogP contribution < -0.4 is 5.73 Å². The molecular formula is C14H17N3O2. The largest absolute Gasteiger partial charge is 0.379 e. The maximum atomic E-state index is 6.20. The second-order valence-electron chi connectivity index (χ2n) is 4.93. The fourth-order valence-corrected chi connectivity index (χ4v) is 2.18. The van der Waals surface area contributed by atoms with Gasteiger partial charge in [0.15, 0.2) is 0 Å². The van der Waals surface area contributed by atoms with Crippen LogP contribution in [-0.4, -0.2) is 23.4 Å². The standard InChI is InChI=1S/C14H17N3O2/c1-2-10-3-5-11(6-4-10)12-16-13(19-17-12)14(15)7-8-18-9-14/h3-6H,2,7-9,15H2,1H3. The number of rotatable bonds is 3. The summed E-state index contributed by atoms with van der Waals surface area (Å²) in [6.45, 7) is 3.20. The highest BCUT2D eigenvalue weighted by atomic mass is 16.5. The van der Waals surface area contributed by atoms with Gasteiger partial charge in [-0.25, -0.2) is 0 Å². The molecule has 1 saturated heterocycles. The molecule has 1 aromatic carbocycles. The van der Waals surface area contributed by atoms with Crippen LogP contribution in [0.1, 0.15) is 24.8 Å². The Morgan fingerprint density at radius 3 is 2.74 bits per heavy atom. The highest BCUT2D eigenvalue weighted by molar-refractivity contribution is 5.54. The quantitative estimate of drug-likeness (QED) is 0.910. The number of nitrogens with two attached hydrogens (primary N) is 1. The van der Waals surface area contributed by atoms with Crippen LogP contribution in [0.25, 0.3) is 11.4 Å². The molecule has 100 valence electrons. The Balaban J connectivity index is 1.87.